The fourth-order valence-electron chi connectivity index (χ4n) is 0.852. The van der Waals surface area contributed by atoms with Crippen LogP contribution < -0.4 is 11.1 Å². The van der Waals surface area contributed by atoms with Gasteiger partial charge in [-0.05, 0) is 13.3 Å². The van der Waals surface area contributed by atoms with E-state index in [4.69, 9.17) is 10.8 Å². The molecule has 0 aromatic rings. The summed E-state index contributed by atoms with van der Waals surface area (Å²) in [5.41, 5.74) is 5.33. The molecule has 4 N–H and O–H groups in total. The number of carbonyl (C=O) groups is 2. The molecular formula is C8H16N2O3. The molecule has 0 aliphatic rings. The molecule has 0 bridgehead atoms. The summed E-state index contributed by atoms with van der Waals surface area (Å²) in [6, 6.07) is -0.854. The Labute approximate surface area is 77.3 Å². The summed E-state index contributed by atoms with van der Waals surface area (Å²) in [6.45, 7) is 3.50. The minimum atomic E-state index is -1.04. The van der Waals surface area contributed by atoms with Crippen LogP contribution in [0.2, 0.25) is 0 Å². The summed E-state index contributed by atoms with van der Waals surface area (Å²) < 4.78 is 0. The first-order chi connectivity index (χ1) is 6.02. The molecule has 1 unspecified atom stereocenters. The number of aliphatic carboxylic acids is 1. The number of nitrogens with one attached hydrogen (secondary N) is 1. The van der Waals surface area contributed by atoms with Crippen LogP contribution in [0.15, 0.2) is 0 Å². The Morgan fingerprint density at radius 2 is 2.08 bits per heavy atom. The SMILES string of the molecule is CCC(CN)C(=O)N[C@H](C)C(=O)O. The number of nitrogens with two attached hydrogens (primary N) is 1. The minimum absolute atomic E-state index is 0.245. The topological polar surface area (TPSA) is 92.4 Å². The number of carboxylic acids is 1. The molecule has 0 saturated heterocycles. The van der Waals surface area contributed by atoms with Crippen molar-refractivity contribution in [2.45, 2.75) is 26.3 Å². The van der Waals surface area contributed by atoms with Gasteiger partial charge in [-0.15, -0.1) is 0 Å². The molecule has 5 heteroatoms. The predicted molar refractivity (Wildman–Crippen MR) is 48.1 cm³/mol. The minimum Gasteiger partial charge on any atom is -0.480 e. The van der Waals surface area contributed by atoms with Crippen molar-refractivity contribution < 1.29 is 14.7 Å². The molecule has 5 nitrogen and oxygen atoms in total. The van der Waals surface area contributed by atoms with Gasteiger partial charge in [-0.3, -0.25) is 9.59 Å². The molecule has 0 aliphatic carbocycles. The highest BCUT2D eigenvalue weighted by Crippen LogP contribution is 2.00. The first kappa shape index (κ1) is 11.9. The molecule has 0 aromatic heterocycles. The van der Waals surface area contributed by atoms with E-state index in [1.165, 1.54) is 6.92 Å². The third kappa shape index (κ3) is 3.89. The van der Waals surface area contributed by atoms with Gasteiger partial charge in [0.15, 0.2) is 0 Å². The van der Waals surface area contributed by atoms with Gasteiger partial charge in [-0.2, -0.15) is 0 Å². The maximum Gasteiger partial charge on any atom is 0.325 e. The number of amides is 1. The van der Waals surface area contributed by atoms with Crippen molar-refractivity contribution in [2.24, 2.45) is 11.7 Å². The van der Waals surface area contributed by atoms with E-state index in [1.807, 2.05) is 6.92 Å². The summed E-state index contributed by atoms with van der Waals surface area (Å²) in [4.78, 5) is 21.7. The predicted octanol–water partition coefficient (Wildman–Crippen LogP) is -0.439. The maximum atomic E-state index is 11.3. The van der Waals surface area contributed by atoms with Crippen LogP contribution in [0.5, 0.6) is 0 Å². The quantitative estimate of drug-likeness (QED) is 0.545. The number of hydrogen-bond donors (Lipinski definition) is 3. The number of carbonyl (C=O) groups excluding carboxylic acids is 1. The lowest BCUT2D eigenvalue weighted by Gasteiger charge is -2.14. The maximum absolute atomic E-state index is 11.3. The van der Waals surface area contributed by atoms with Gasteiger partial charge in [0.1, 0.15) is 6.04 Å². The second-order valence-corrected chi connectivity index (χ2v) is 2.91. The Kier molecular flexibility index (Phi) is 5.06. The second kappa shape index (κ2) is 5.53. The molecule has 13 heavy (non-hydrogen) atoms. The highest BCUT2D eigenvalue weighted by molar-refractivity contribution is 5.84. The summed E-state index contributed by atoms with van der Waals surface area (Å²) >= 11 is 0. The molecule has 0 radical (unpaired) electrons. The first-order valence-electron chi connectivity index (χ1n) is 4.26. The van der Waals surface area contributed by atoms with Crippen molar-refractivity contribution in [3.63, 3.8) is 0 Å². The lowest BCUT2D eigenvalue weighted by atomic mass is 10.1. The smallest absolute Gasteiger partial charge is 0.325 e. The lowest BCUT2D eigenvalue weighted by Crippen LogP contribution is -2.43. The third-order valence-electron chi connectivity index (χ3n) is 1.88. The summed E-state index contributed by atoms with van der Waals surface area (Å²) in [5, 5.41) is 10.9. The van der Waals surface area contributed by atoms with Crippen LogP contribution >= 0.6 is 0 Å². The van der Waals surface area contributed by atoms with Crippen molar-refractivity contribution in [3.8, 4) is 0 Å². The lowest BCUT2D eigenvalue weighted by molar-refractivity contribution is -0.141. The van der Waals surface area contributed by atoms with Crippen LogP contribution in [-0.2, 0) is 9.59 Å². The zero-order valence-corrected chi connectivity index (χ0v) is 7.91. The molecule has 1 amide bonds. The van der Waals surface area contributed by atoms with E-state index in [0.29, 0.717) is 6.42 Å². The Bertz CT molecular complexity index is 190. The molecule has 0 spiro atoms. The average Bonchev–Trinajstić information content (AvgIpc) is 2.06. The fraction of sp³-hybridized carbons (Fsp3) is 0.750. The number of carboxylic acid groups (broad SMARTS) is 1. The van der Waals surface area contributed by atoms with Gasteiger partial charge >= 0.3 is 5.97 Å². The second-order valence-electron chi connectivity index (χ2n) is 2.91. The normalized spacial score (nSPS) is 14.7. The van der Waals surface area contributed by atoms with Gasteiger partial charge in [0.25, 0.3) is 0 Å². The Hall–Kier alpha value is -1.10. The Morgan fingerprint density at radius 3 is 2.38 bits per heavy atom. The zero-order chi connectivity index (χ0) is 10.4. The monoisotopic (exact) mass is 188 g/mol. The average molecular weight is 188 g/mol. The van der Waals surface area contributed by atoms with Crippen molar-refractivity contribution in [2.75, 3.05) is 6.54 Å². The largest absolute Gasteiger partial charge is 0.480 e. The van der Waals surface area contributed by atoms with E-state index < -0.39 is 12.0 Å². The summed E-state index contributed by atoms with van der Waals surface area (Å²) in [6.07, 6.45) is 0.620. The van der Waals surface area contributed by atoms with Crippen LogP contribution in [0.25, 0.3) is 0 Å². The molecule has 0 aromatic carbocycles. The van der Waals surface area contributed by atoms with Crippen LogP contribution in [0.3, 0.4) is 0 Å². The third-order valence-corrected chi connectivity index (χ3v) is 1.88. The van der Waals surface area contributed by atoms with E-state index in [2.05, 4.69) is 5.32 Å². The van der Waals surface area contributed by atoms with Gasteiger partial charge in [0.2, 0.25) is 5.91 Å². The first-order valence-corrected chi connectivity index (χ1v) is 4.26. The van der Waals surface area contributed by atoms with Gasteiger partial charge in [-0.25, -0.2) is 0 Å². The molecule has 0 rings (SSSR count). The standard InChI is InChI=1S/C8H16N2O3/c1-3-6(4-9)7(11)10-5(2)8(12)13/h5-6H,3-4,9H2,1-2H3,(H,10,11)(H,12,13)/t5-,6?/m1/s1. The molecule has 0 fully saturated rings. The van der Waals surface area contributed by atoms with Gasteiger partial charge in [0, 0.05) is 12.5 Å². The van der Waals surface area contributed by atoms with Crippen LogP contribution in [0, 0.1) is 5.92 Å². The molecule has 0 saturated carbocycles. The number of hydrogen-bond acceptors (Lipinski definition) is 3. The molecule has 2 atom stereocenters. The summed E-state index contributed by atoms with van der Waals surface area (Å²) in [7, 11) is 0. The van der Waals surface area contributed by atoms with Gasteiger partial charge in [0.05, 0.1) is 0 Å². The molecule has 76 valence electrons. The van der Waals surface area contributed by atoms with Crippen LogP contribution in [0.1, 0.15) is 20.3 Å². The Morgan fingerprint density at radius 1 is 1.54 bits per heavy atom. The molecular weight excluding hydrogens is 172 g/mol. The van der Waals surface area contributed by atoms with Gasteiger partial charge in [-0.1, -0.05) is 6.92 Å². The molecule has 0 aliphatic heterocycles. The van der Waals surface area contributed by atoms with Crippen LogP contribution in [0.4, 0.5) is 0 Å². The fourth-order valence-corrected chi connectivity index (χ4v) is 0.852. The van der Waals surface area contributed by atoms with E-state index in [1.54, 1.807) is 0 Å². The van der Waals surface area contributed by atoms with Gasteiger partial charge < -0.3 is 16.2 Å². The highest BCUT2D eigenvalue weighted by atomic mass is 16.4. The van der Waals surface area contributed by atoms with Crippen molar-refractivity contribution >= 4 is 11.9 Å². The number of rotatable bonds is 5. The Balaban J connectivity index is 4.05. The van der Waals surface area contributed by atoms with E-state index in [0.717, 1.165) is 0 Å². The van der Waals surface area contributed by atoms with E-state index in [9.17, 15) is 9.59 Å². The van der Waals surface area contributed by atoms with Crippen LogP contribution in [-0.4, -0.2) is 29.6 Å². The van der Waals surface area contributed by atoms with E-state index in [-0.39, 0.29) is 18.4 Å². The van der Waals surface area contributed by atoms with Crippen molar-refractivity contribution in [1.29, 1.82) is 0 Å². The molecule has 0 heterocycles. The van der Waals surface area contributed by atoms with E-state index >= 15 is 0 Å². The zero-order valence-electron chi connectivity index (χ0n) is 7.91. The van der Waals surface area contributed by atoms with Crippen molar-refractivity contribution in [1.82, 2.24) is 5.32 Å². The van der Waals surface area contributed by atoms with Crippen molar-refractivity contribution in [3.05, 3.63) is 0 Å². The summed E-state index contributed by atoms with van der Waals surface area (Å²) in [5.74, 6) is -1.62. The highest BCUT2D eigenvalue weighted by Gasteiger charge is 2.19.